The van der Waals surface area contributed by atoms with E-state index in [0.717, 1.165) is 11.6 Å². The first-order valence-corrected chi connectivity index (χ1v) is 6.75. The van der Waals surface area contributed by atoms with E-state index in [2.05, 4.69) is 5.32 Å². The van der Waals surface area contributed by atoms with Crippen molar-refractivity contribution < 1.29 is 9.18 Å². The van der Waals surface area contributed by atoms with E-state index >= 15 is 0 Å². The van der Waals surface area contributed by atoms with Gasteiger partial charge in [0.05, 0.1) is 21.7 Å². The molecule has 1 N–H and O–H groups in total. The second-order valence-corrected chi connectivity index (χ2v) is 5.17. The predicted molar refractivity (Wildman–Crippen MR) is 78.7 cm³/mol. The summed E-state index contributed by atoms with van der Waals surface area (Å²) in [6.45, 7) is 1.84. The standard InChI is InChI=1S/C15H12Cl2FNO/c1-9(10-5-3-2-4-6-10)19-15(20)11-7-14(18)13(17)8-12(11)16/h2-9H,1H3,(H,19,20)/t9-/m1/s1. The van der Waals surface area contributed by atoms with Crippen LogP contribution in [0.15, 0.2) is 42.5 Å². The Labute approximate surface area is 126 Å². The molecule has 0 fully saturated rings. The van der Waals surface area contributed by atoms with Crippen LogP contribution in [0, 0.1) is 5.82 Å². The minimum atomic E-state index is -0.673. The van der Waals surface area contributed by atoms with Crippen molar-refractivity contribution in [2.24, 2.45) is 0 Å². The van der Waals surface area contributed by atoms with Crippen molar-refractivity contribution in [1.29, 1.82) is 0 Å². The highest BCUT2D eigenvalue weighted by molar-refractivity contribution is 6.36. The Balaban J connectivity index is 2.19. The minimum absolute atomic E-state index is 0.0661. The molecular weight excluding hydrogens is 300 g/mol. The van der Waals surface area contributed by atoms with Gasteiger partial charge in [0.2, 0.25) is 0 Å². The normalized spacial score (nSPS) is 12.0. The third-order valence-corrected chi connectivity index (χ3v) is 3.50. The van der Waals surface area contributed by atoms with E-state index in [-0.39, 0.29) is 21.7 Å². The molecule has 5 heteroatoms. The zero-order valence-electron chi connectivity index (χ0n) is 10.7. The van der Waals surface area contributed by atoms with E-state index in [0.29, 0.717) is 0 Å². The third-order valence-electron chi connectivity index (χ3n) is 2.90. The summed E-state index contributed by atoms with van der Waals surface area (Å²) < 4.78 is 13.4. The highest BCUT2D eigenvalue weighted by atomic mass is 35.5. The van der Waals surface area contributed by atoms with Gasteiger partial charge in [-0.3, -0.25) is 4.79 Å². The maximum Gasteiger partial charge on any atom is 0.253 e. The molecule has 0 aromatic heterocycles. The fourth-order valence-corrected chi connectivity index (χ4v) is 2.27. The molecule has 2 aromatic carbocycles. The van der Waals surface area contributed by atoms with Crippen molar-refractivity contribution in [2.75, 3.05) is 0 Å². The molecule has 0 aliphatic heterocycles. The van der Waals surface area contributed by atoms with Crippen LogP contribution in [-0.4, -0.2) is 5.91 Å². The lowest BCUT2D eigenvalue weighted by Crippen LogP contribution is -2.27. The summed E-state index contributed by atoms with van der Waals surface area (Å²) >= 11 is 11.5. The molecule has 1 amide bonds. The second-order valence-electron chi connectivity index (χ2n) is 4.35. The highest BCUT2D eigenvalue weighted by Gasteiger charge is 2.16. The van der Waals surface area contributed by atoms with Crippen molar-refractivity contribution in [2.45, 2.75) is 13.0 Å². The van der Waals surface area contributed by atoms with Crippen LogP contribution in [0.3, 0.4) is 0 Å². The molecule has 0 aliphatic carbocycles. The molecular formula is C15H12Cl2FNO. The smallest absolute Gasteiger partial charge is 0.253 e. The third kappa shape index (κ3) is 3.30. The van der Waals surface area contributed by atoms with E-state index < -0.39 is 11.7 Å². The minimum Gasteiger partial charge on any atom is -0.345 e. The average molecular weight is 312 g/mol. The van der Waals surface area contributed by atoms with E-state index in [1.165, 1.54) is 6.07 Å². The van der Waals surface area contributed by atoms with E-state index in [9.17, 15) is 9.18 Å². The predicted octanol–water partition coefficient (Wildman–Crippen LogP) is 4.62. The molecule has 0 saturated heterocycles. The Morgan fingerprint density at radius 1 is 1.15 bits per heavy atom. The number of amides is 1. The lowest BCUT2D eigenvalue weighted by atomic mass is 10.1. The highest BCUT2D eigenvalue weighted by Crippen LogP contribution is 2.25. The number of carbonyl (C=O) groups is 1. The molecule has 2 aromatic rings. The summed E-state index contributed by atoms with van der Waals surface area (Å²) in [5.41, 5.74) is 1.02. The van der Waals surface area contributed by atoms with Gasteiger partial charge in [-0.2, -0.15) is 0 Å². The largest absolute Gasteiger partial charge is 0.345 e. The number of halogens is 3. The Hall–Kier alpha value is -1.58. The molecule has 0 bridgehead atoms. The number of benzene rings is 2. The van der Waals surface area contributed by atoms with Gasteiger partial charge >= 0.3 is 0 Å². The van der Waals surface area contributed by atoms with Gasteiger partial charge in [-0.15, -0.1) is 0 Å². The fourth-order valence-electron chi connectivity index (χ4n) is 1.80. The van der Waals surface area contributed by atoms with Crippen LogP contribution in [0.25, 0.3) is 0 Å². The van der Waals surface area contributed by atoms with Crippen molar-refractivity contribution >= 4 is 29.1 Å². The molecule has 20 heavy (non-hydrogen) atoms. The molecule has 0 aliphatic rings. The van der Waals surface area contributed by atoms with E-state index in [1.807, 2.05) is 37.3 Å². The molecule has 0 unspecified atom stereocenters. The lowest BCUT2D eigenvalue weighted by Gasteiger charge is -2.15. The van der Waals surface area contributed by atoms with Crippen molar-refractivity contribution in [3.63, 3.8) is 0 Å². The number of hydrogen-bond acceptors (Lipinski definition) is 1. The average Bonchev–Trinajstić information content (AvgIpc) is 2.43. The van der Waals surface area contributed by atoms with Gasteiger partial charge in [-0.05, 0) is 24.6 Å². The second kappa shape index (κ2) is 6.25. The summed E-state index contributed by atoms with van der Waals surface area (Å²) in [7, 11) is 0. The molecule has 2 nitrogen and oxygen atoms in total. The zero-order chi connectivity index (χ0) is 14.7. The summed E-state index contributed by atoms with van der Waals surface area (Å²) in [6, 6.07) is 11.5. The molecule has 0 heterocycles. The van der Waals surface area contributed by atoms with Crippen LogP contribution < -0.4 is 5.32 Å². The Morgan fingerprint density at radius 2 is 1.80 bits per heavy atom. The number of carbonyl (C=O) groups excluding carboxylic acids is 1. The maximum absolute atomic E-state index is 13.4. The van der Waals surface area contributed by atoms with Gasteiger partial charge in [0.15, 0.2) is 0 Å². The van der Waals surface area contributed by atoms with Gasteiger partial charge in [-0.25, -0.2) is 4.39 Å². The number of rotatable bonds is 3. The van der Waals surface area contributed by atoms with E-state index in [4.69, 9.17) is 23.2 Å². The van der Waals surface area contributed by atoms with Gasteiger partial charge in [0.1, 0.15) is 5.82 Å². The van der Waals surface area contributed by atoms with E-state index in [1.54, 1.807) is 0 Å². The number of nitrogens with one attached hydrogen (secondary N) is 1. The Morgan fingerprint density at radius 3 is 2.45 bits per heavy atom. The first-order valence-electron chi connectivity index (χ1n) is 5.99. The van der Waals surface area contributed by atoms with Gasteiger partial charge < -0.3 is 5.32 Å². The van der Waals surface area contributed by atoms with Gasteiger partial charge in [0, 0.05) is 0 Å². The summed E-state index contributed by atoms with van der Waals surface area (Å²) in [5, 5.41) is 2.78. The molecule has 104 valence electrons. The topological polar surface area (TPSA) is 29.1 Å². The molecule has 2 rings (SSSR count). The van der Waals surface area contributed by atoms with Gasteiger partial charge in [0.25, 0.3) is 5.91 Å². The molecule has 0 spiro atoms. The first-order chi connectivity index (χ1) is 9.49. The van der Waals surface area contributed by atoms with Crippen LogP contribution in [0.2, 0.25) is 10.0 Å². The van der Waals surface area contributed by atoms with Crippen molar-refractivity contribution in [3.8, 4) is 0 Å². The van der Waals surface area contributed by atoms with Crippen LogP contribution in [0.1, 0.15) is 28.9 Å². The van der Waals surface area contributed by atoms with Crippen LogP contribution >= 0.6 is 23.2 Å². The molecule has 0 saturated carbocycles. The monoisotopic (exact) mass is 311 g/mol. The lowest BCUT2D eigenvalue weighted by molar-refractivity contribution is 0.0939. The van der Waals surface area contributed by atoms with Crippen LogP contribution in [0.4, 0.5) is 4.39 Å². The van der Waals surface area contributed by atoms with Crippen LogP contribution in [0.5, 0.6) is 0 Å². The molecule has 1 atom stereocenters. The number of hydrogen-bond donors (Lipinski definition) is 1. The summed E-state index contributed by atoms with van der Waals surface area (Å²) in [5.74, 6) is -1.12. The fraction of sp³-hybridized carbons (Fsp3) is 0.133. The van der Waals surface area contributed by atoms with Crippen molar-refractivity contribution in [1.82, 2.24) is 5.32 Å². The first kappa shape index (κ1) is 14.8. The SMILES string of the molecule is C[C@@H](NC(=O)c1cc(F)c(Cl)cc1Cl)c1ccccc1. The summed E-state index contributed by atoms with van der Waals surface area (Å²) in [4.78, 5) is 12.1. The van der Waals surface area contributed by atoms with Gasteiger partial charge in [-0.1, -0.05) is 53.5 Å². The van der Waals surface area contributed by atoms with Crippen LogP contribution in [-0.2, 0) is 0 Å². The zero-order valence-corrected chi connectivity index (χ0v) is 12.2. The quantitative estimate of drug-likeness (QED) is 0.823. The Kier molecular flexibility index (Phi) is 4.63. The maximum atomic E-state index is 13.4. The summed E-state index contributed by atoms with van der Waals surface area (Å²) in [6.07, 6.45) is 0. The Bertz CT molecular complexity index is 631. The molecule has 0 radical (unpaired) electrons. The van der Waals surface area contributed by atoms with Crippen molar-refractivity contribution in [3.05, 3.63) is 69.5 Å².